The van der Waals surface area contributed by atoms with Gasteiger partial charge in [-0.2, -0.15) is 0 Å². The molecule has 0 radical (unpaired) electrons. The summed E-state index contributed by atoms with van der Waals surface area (Å²) < 4.78 is 68.8. The summed E-state index contributed by atoms with van der Waals surface area (Å²) in [5.41, 5.74) is 0. The van der Waals surface area contributed by atoms with Gasteiger partial charge in [-0.15, -0.1) is 0 Å². The standard InChI is InChI=1S/C84H164O17P2/c1-7-10-12-14-16-18-20-22-27-31-37-43-49-55-61-67-82(87)95-73-79(100-83(88)68-62-56-50-44-38-32-29-26-24-23-25-28-30-35-41-47-53-59-65-77(6)9-3)74-98-102(90,91)96-70-78(85)71-97-103(92,93)99-75-80(72-94-81(86)66-60-54-48-42-36-21-19-17-15-13-11-8-2)101-84(89)69-63-57-51-45-39-33-34-40-46-52-58-64-76(4)5/h76-80,85H,7-75H2,1-6H3,(H,90,91)(H,92,93)/t77?,78-,79-,80-/m1/s1. The molecule has 19 heteroatoms. The molecule has 0 saturated carbocycles. The Labute approximate surface area is 632 Å². The maximum absolute atomic E-state index is 13.1. The van der Waals surface area contributed by atoms with Crippen molar-refractivity contribution in [1.82, 2.24) is 0 Å². The Kier molecular flexibility index (Phi) is 74.1. The van der Waals surface area contributed by atoms with Crippen LogP contribution in [0.25, 0.3) is 0 Å². The normalized spacial score (nSPS) is 14.1. The Balaban J connectivity index is 5.23. The highest BCUT2D eigenvalue weighted by Crippen LogP contribution is 2.45. The van der Waals surface area contributed by atoms with E-state index in [1.165, 1.54) is 263 Å². The van der Waals surface area contributed by atoms with E-state index < -0.39 is 97.5 Å². The number of carbonyl (C=O) groups is 4. The van der Waals surface area contributed by atoms with E-state index in [2.05, 4.69) is 41.5 Å². The average molecular weight is 1510 g/mol. The minimum absolute atomic E-state index is 0.107. The van der Waals surface area contributed by atoms with Crippen molar-refractivity contribution in [2.24, 2.45) is 11.8 Å². The van der Waals surface area contributed by atoms with Crippen LogP contribution >= 0.6 is 15.6 Å². The quantitative estimate of drug-likeness (QED) is 0.0222. The summed E-state index contributed by atoms with van der Waals surface area (Å²) in [7, 11) is -9.92. The van der Waals surface area contributed by atoms with Crippen LogP contribution in [-0.2, 0) is 65.4 Å². The largest absolute Gasteiger partial charge is 0.472 e. The second-order valence-electron chi connectivity index (χ2n) is 30.9. The van der Waals surface area contributed by atoms with Crippen molar-refractivity contribution in [1.29, 1.82) is 0 Å². The molecule has 0 aliphatic heterocycles. The molecule has 0 aliphatic carbocycles. The Hall–Kier alpha value is -1.94. The maximum atomic E-state index is 13.1. The molecule has 103 heavy (non-hydrogen) atoms. The number of phosphoric ester groups is 2. The predicted molar refractivity (Wildman–Crippen MR) is 423 cm³/mol. The van der Waals surface area contributed by atoms with Gasteiger partial charge in [0, 0.05) is 25.7 Å². The molecule has 0 saturated heterocycles. The Morgan fingerprint density at radius 1 is 0.282 bits per heavy atom. The summed E-state index contributed by atoms with van der Waals surface area (Å²) in [5, 5.41) is 10.7. The SMILES string of the molecule is CCCCCCCCCCCCCCCCCC(=O)OC[C@H](COP(=O)(O)OC[C@@H](O)COP(=O)(O)OC[C@@H](COC(=O)CCCCCCCCCCCCCC)OC(=O)CCCCCCCCCCCCCC(C)C)OC(=O)CCCCCCCCCCCCCCCCCCCCC(C)CC. The average Bonchev–Trinajstić information content (AvgIpc) is 0.916. The number of aliphatic hydroxyl groups excluding tert-OH is 1. The molecule has 0 aromatic rings. The molecular formula is C84H164O17P2. The minimum Gasteiger partial charge on any atom is -0.462 e. The highest BCUT2D eigenvalue weighted by Gasteiger charge is 2.30. The number of ether oxygens (including phenoxy) is 4. The first kappa shape index (κ1) is 101. The summed E-state index contributed by atoms with van der Waals surface area (Å²) in [4.78, 5) is 73.1. The number of esters is 4. The summed E-state index contributed by atoms with van der Waals surface area (Å²) >= 11 is 0. The molecule has 0 bridgehead atoms. The molecule has 0 heterocycles. The van der Waals surface area contributed by atoms with Gasteiger partial charge >= 0.3 is 39.5 Å². The van der Waals surface area contributed by atoms with Gasteiger partial charge in [0.05, 0.1) is 26.4 Å². The Morgan fingerprint density at radius 2 is 0.495 bits per heavy atom. The van der Waals surface area contributed by atoms with E-state index in [0.717, 1.165) is 102 Å². The molecule has 0 rings (SSSR count). The fraction of sp³-hybridized carbons (Fsp3) is 0.952. The molecular weight excluding hydrogens is 1340 g/mol. The van der Waals surface area contributed by atoms with Crippen LogP contribution < -0.4 is 0 Å². The topological polar surface area (TPSA) is 237 Å². The molecule has 6 atom stereocenters. The van der Waals surface area contributed by atoms with Crippen LogP contribution in [0, 0.1) is 11.8 Å². The minimum atomic E-state index is -4.96. The zero-order valence-electron chi connectivity index (χ0n) is 67.6. The number of carbonyl (C=O) groups excluding carboxylic acids is 4. The third-order valence-corrected chi connectivity index (χ3v) is 22.0. The van der Waals surface area contributed by atoms with Gasteiger partial charge in [-0.05, 0) is 37.5 Å². The van der Waals surface area contributed by atoms with Gasteiger partial charge in [0.25, 0.3) is 0 Å². The van der Waals surface area contributed by atoms with E-state index >= 15 is 0 Å². The number of aliphatic hydroxyl groups is 1. The zero-order chi connectivity index (χ0) is 75.6. The van der Waals surface area contributed by atoms with Crippen LogP contribution in [0.4, 0.5) is 0 Å². The van der Waals surface area contributed by atoms with Crippen LogP contribution in [0.3, 0.4) is 0 Å². The third-order valence-electron chi connectivity index (χ3n) is 20.1. The van der Waals surface area contributed by atoms with Gasteiger partial charge in [0.2, 0.25) is 0 Å². The third kappa shape index (κ3) is 76.6. The lowest BCUT2D eigenvalue weighted by molar-refractivity contribution is -0.161. The molecule has 3 unspecified atom stereocenters. The van der Waals surface area contributed by atoms with Crippen LogP contribution in [0.15, 0.2) is 0 Å². The van der Waals surface area contributed by atoms with Crippen molar-refractivity contribution in [3.63, 3.8) is 0 Å². The highest BCUT2D eigenvalue weighted by atomic mass is 31.2. The van der Waals surface area contributed by atoms with Gasteiger partial charge in [-0.3, -0.25) is 37.3 Å². The number of hydrogen-bond donors (Lipinski definition) is 3. The molecule has 0 aromatic carbocycles. The molecule has 0 aromatic heterocycles. The van der Waals surface area contributed by atoms with Crippen molar-refractivity contribution in [2.45, 2.75) is 464 Å². The molecule has 0 amide bonds. The van der Waals surface area contributed by atoms with E-state index in [9.17, 15) is 43.2 Å². The highest BCUT2D eigenvalue weighted by molar-refractivity contribution is 7.47. The van der Waals surface area contributed by atoms with E-state index in [4.69, 9.17) is 37.0 Å². The van der Waals surface area contributed by atoms with E-state index in [1.54, 1.807) is 0 Å². The monoisotopic (exact) mass is 1510 g/mol. The van der Waals surface area contributed by atoms with Gasteiger partial charge in [0.1, 0.15) is 19.3 Å². The fourth-order valence-electron chi connectivity index (χ4n) is 13.0. The number of hydrogen-bond acceptors (Lipinski definition) is 15. The van der Waals surface area contributed by atoms with Crippen LogP contribution in [0.5, 0.6) is 0 Å². The van der Waals surface area contributed by atoms with Gasteiger partial charge in [-0.1, -0.05) is 395 Å². The van der Waals surface area contributed by atoms with E-state index in [-0.39, 0.29) is 25.7 Å². The summed E-state index contributed by atoms with van der Waals surface area (Å²) in [5.74, 6) is -0.466. The molecule has 17 nitrogen and oxygen atoms in total. The lowest BCUT2D eigenvalue weighted by Gasteiger charge is -2.21. The summed E-state index contributed by atoms with van der Waals surface area (Å²) in [6.45, 7) is 9.73. The first-order valence-corrected chi connectivity index (χ1v) is 46.5. The second kappa shape index (κ2) is 75.5. The first-order chi connectivity index (χ1) is 49.9. The number of unbranched alkanes of at least 4 members (excludes halogenated alkanes) is 52. The molecule has 0 fully saturated rings. The van der Waals surface area contributed by atoms with Gasteiger partial charge < -0.3 is 33.8 Å². The van der Waals surface area contributed by atoms with E-state index in [0.29, 0.717) is 25.7 Å². The Bertz CT molecular complexity index is 1980. The van der Waals surface area contributed by atoms with E-state index in [1.807, 2.05) is 0 Å². The van der Waals surface area contributed by atoms with Crippen molar-refractivity contribution >= 4 is 39.5 Å². The Morgan fingerprint density at radius 3 is 0.738 bits per heavy atom. The number of phosphoric acid groups is 2. The van der Waals surface area contributed by atoms with Gasteiger partial charge in [-0.25, -0.2) is 9.13 Å². The van der Waals surface area contributed by atoms with Gasteiger partial charge in [0.15, 0.2) is 12.2 Å². The zero-order valence-corrected chi connectivity index (χ0v) is 69.4. The fourth-order valence-corrected chi connectivity index (χ4v) is 14.6. The summed E-state index contributed by atoms with van der Waals surface area (Å²) in [6.07, 6.45) is 66.5. The van der Waals surface area contributed by atoms with Crippen molar-refractivity contribution in [3.8, 4) is 0 Å². The lowest BCUT2D eigenvalue weighted by atomic mass is 9.99. The second-order valence-corrected chi connectivity index (χ2v) is 33.8. The smallest absolute Gasteiger partial charge is 0.462 e. The molecule has 0 spiro atoms. The van der Waals surface area contributed by atoms with Crippen molar-refractivity contribution < 1.29 is 80.2 Å². The molecule has 0 aliphatic rings. The predicted octanol–water partition coefficient (Wildman–Crippen LogP) is 25.5. The van der Waals surface area contributed by atoms with Crippen LogP contribution in [0.1, 0.15) is 446 Å². The van der Waals surface area contributed by atoms with Crippen molar-refractivity contribution in [3.05, 3.63) is 0 Å². The molecule has 3 N–H and O–H groups in total. The van der Waals surface area contributed by atoms with Crippen LogP contribution in [-0.4, -0.2) is 96.7 Å². The van der Waals surface area contributed by atoms with Crippen LogP contribution in [0.2, 0.25) is 0 Å². The number of rotatable bonds is 83. The maximum Gasteiger partial charge on any atom is 0.472 e. The molecule has 612 valence electrons. The lowest BCUT2D eigenvalue weighted by Crippen LogP contribution is -2.30. The summed E-state index contributed by atoms with van der Waals surface area (Å²) in [6, 6.07) is 0. The first-order valence-electron chi connectivity index (χ1n) is 43.5. The van der Waals surface area contributed by atoms with Crippen molar-refractivity contribution in [2.75, 3.05) is 39.6 Å².